The summed E-state index contributed by atoms with van der Waals surface area (Å²) >= 11 is 0. The molecule has 4 heteroatoms. The molecule has 0 amide bonds. The zero-order valence-electron chi connectivity index (χ0n) is 12.0. The second-order valence-corrected chi connectivity index (χ2v) is 4.71. The summed E-state index contributed by atoms with van der Waals surface area (Å²) in [6.07, 6.45) is 0.743. The van der Waals surface area contributed by atoms with Gasteiger partial charge in [-0.2, -0.15) is 5.26 Å². The van der Waals surface area contributed by atoms with Gasteiger partial charge in [-0.05, 0) is 35.9 Å². The molecule has 0 aliphatic rings. The minimum absolute atomic E-state index is 0.491. The molecule has 0 saturated carbocycles. The molecule has 21 heavy (non-hydrogen) atoms. The van der Waals surface area contributed by atoms with E-state index in [0.717, 1.165) is 23.3 Å². The molecule has 0 unspecified atom stereocenters. The summed E-state index contributed by atoms with van der Waals surface area (Å²) in [5.41, 5.74) is 2.88. The molecule has 0 radical (unpaired) electrons. The summed E-state index contributed by atoms with van der Waals surface area (Å²) in [6, 6.07) is 15.0. The van der Waals surface area contributed by atoms with Crippen LogP contribution in [0.5, 0.6) is 5.75 Å². The summed E-state index contributed by atoms with van der Waals surface area (Å²) in [5, 5.41) is 9.22. The number of methoxy groups -OCH3 is 1. The fourth-order valence-corrected chi connectivity index (χ4v) is 2.18. The number of carbonyl (C=O) groups excluding carboxylic acids is 1. The Labute approximate surface area is 124 Å². The van der Waals surface area contributed by atoms with Crippen molar-refractivity contribution in [1.82, 2.24) is 0 Å². The van der Waals surface area contributed by atoms with Crippen molar-refractivity contribution >= 4 is 12.0 Å². The van der Waals surface area contributed by atoms with Crippen LogP contribution in [0.15, 0.2) is 42.5 Å². The number of hydrogen-bond acceptors (Lipinski definition) is 4. The largest absolute Gasteiger partial charge is 0.497 e. The van der Waals surface area contributed by atoms with E-state index in [-0.39, 0.29) is 0 Å². The maximum atomic E-state index is 10.8. The van der Waals surface area contributed by atoms with Gasteiger partial charge in [0.2, 0.25) is 0 Å². The van der Waals surface area contributed by atoms with Crippen molar-refractivity contribution in [3.8, 4) is 11.8 Å². The lowest BCUT2D eigenvalue weighted by atomic mass is 10.1. The lowest BCUT2D eigenvalue weighted by Gasteiger charge is -2.21. The zero-order chi connectivity index (χ0) is 15.2. The molecular formula is C17H16N2O2. The molecule has 0 atom stereocenters. The predicted molar refractivity (Wildman–Crippen MR) is 81.6 cm³/mol. The number of nitrogens with zero attached hydrogens (tertiary/aromatic N) is 2. The van der Waals surface area contributed by atoms with Crippen LogP contribution in [-0.2, 0) is 6.54 Å². The van der Waals surface area contributed by atoms with Crippen LogP contribution in [0.3, 0.4) is 0 Å². The van der Waals surface area contributed by atoms with Gasteiger partial charge in [-0.15, -0.1) is 0 Å². The number of hydrogen-bond donors (Lipinski definition) is 0. The highest BCUT2D eigenvalue weighted by Gasteiger charge is 2.09. The summed E-state index contributed by atoms with van der Waals surface area (Å²) in [7, 11) is 3.55. The van der Waals surface area contributed by atoms with Crippen molar-refractivity contribution in [3.63, 3.8) is 0 Å². The first-order valence-electron chi connectivity index (χ1n) is 6.51. The topological polar surface area (TPSA) is 53.3 Å². The minimum atomic E-state index is 0.491. The van der Waals surface area contributed by atoms with Gasteiger partial charge in [-0.1, -0.05) is 12.1 Å². The van der Waals surface area contributed by atoms with E-state index in [0.29, 0.717) is 17.7 Å². The maximum absolute atomic E-state index is 10.8. The van der Waals surface area contributed by atoms with Crippen molar-refractivity contribution in [2.24, 2.45) is 0 Å². The Balaban J connectivity index is 2.25. The van der Waals surface area contributed by atoms with Crippen molar-refractivity contribution < 1.29 is 9.53 Å². The van der Waals surface area contributed by atoms with E-state index in [9.17, 15) is 10.1 Å². The molecule has 0 aliphatic carbocycles. The van der Waals surface area contributed by atoms with Gasteiger partial charge in [0.25, 0.3) is 0 Å². The van der Waals surface area contributed by atoms with Gasteiger partial charge in [-0.3, -0.25) is 4.79 Å². The molecular weight excluding hydrogens is 264 g/mol. The quantitative estimate of drug-likeness (QED) is 0.790. The van der Waals surface area contributed by atoms with Gasteiger partial charge in [0.15, 0.2) is 0 Å². The Bertz CT molecular complexity index is 689. The molecule has 0 N–H and O–H groups in total. The Kier molecular flexibility index (Phi) is 4.57. The summed E-state index contributed by atoms with van der Waals surface area (Å²) < 4.78 is 5.21. The summed E-state index contributed by atoms with van der Waals surface area (Å²) in [4.78, 5) is 12.8. The maximum Gasteiger partial charge on any atom is 0.150 e. The van der Waals surface area contributed by atoms with E-state index in [1.165, 1.54) is 0 Å². The van der Waals surface area contributed by atoms with Crippen LogP contribution in [0.4, 0.5) is 5.69 Å². The standard InChI is InChI=1S/C17H16N2O2/c1-19(11-13-4-3-5-16(9-13)21-2)17-7-6-14(12-20)8-15(17)10-18/h3-9,12H,11H2,1-2H3. The molecule has 2 aromatic rings. The van der Waals surface area contributed by atoms with Crippen LogP contribution in [-0.4, -0.2) is 20.4 Å². The highest BCUT2D eigenvalue weighted by molar-refractivity contribution is 5.78. The fraction of sp³-hybridized carbons (Fsp3) is 0.176. The lowest BCUT2D eigenvalue weighted by Crippen LogP contribution is -2.17. The SMILES string of the molecule is COc1cccc(CN(C)c2ccc(C=O)cc2C#N)c1. The molecule has 2 aromatic carbocycles. The summed E-state index contributed by atoms with van der Waals surface area (Å²) in [5.74, 6) is 0.803. The molecule has 0 heterocycles. The van der Waals surface area contributed by atoms with E-state index in [1.807, 2.05) is 36.2 Å². The van der Waals surface area contributed by atoms with Crippen LogP contribution in [0.2, 0.25) is 0 Å². The van der Waals surface area contributed by atoms with Gasteiger partial charge in [0.1, 0.15) is 18.1 Å². The van der Waals surface area contributed by atoms with Crippen LogP contribution >= 0.6 is 0 Å². The van der Waals surface area contributed by atoms with Crippen LogP contribution in [0, 0.1) is 11.3 Å². The molecule has 106 valence electrons. The Morgan fingerprint density at radius 3 is 2.76 bits per heavy atom. The van der Waals surface area contributed by atoms with Gasteiger partial charge >= 0.3 is 0 Å². The van der Waals surface area contributed by atoms with Crippen LogP contribution < -0.4 is 9.64 Å². The van der Waals surface area contributed by atoms with Crippen molar-refractivity contribution in [3.05, 3.63) is 59.2 Å². The Morgan fingerprint density at radius 1 is 1.29 bits per heavy atom. The number of benzene rings is 2. The number of nitriles is 1. The van der Waals surface area contributed by atoms with Crippen LogP contribution in [0.25, 0.3) is 0 Å². The van der Waals surface area contributed by atoms with Gasteiger partial charge in [0.05, 0.1) is 18.4 Å². The average molecular weight is 280 g/mol. The Hall–Kier alpha value is -2.80. The van der Waals surface area contributed by atoms with Gasteiger partial charge < -0.3 is 9.64 Å². The third-order valence-electron chi connectivity index (χ3n) is 3.24. The van der Waals surface area contributed by atoms with Crippen LogP contribution in [0.1, 0.15) is 21.5 Å². The molecule has 0 spiro atoms. The normalized spacial score (nSPS) is 9.76. The number of ether oxygens (including phenoxy) is 1. The molecule has 0 bridgehead atoms. The van der Waals surface area contributed by atoms with E-state index in [1.54, 1.807) is 25.3 Å². The summed E-state index contributed by atoms with van der Waals surface area (Å²) in [6.45, 7) is 0.645. The Morgan fingerprint density at radius 2 is 2.10 bits per heavy atom. The van der Waals surface area contributed by atoms with Crippen molar-refractivity contribution in [2.45, 2.75) is 6.54 Å². The first-order chi connectivity index (χ1) is 10.2. The number of rotatable bonds is 5. The van der Waals surface area contributed by atoms with Crippen molar-refractivity contribution in [2.75, 3.05) is 19.1 Å². The smallest absolute Gasteiger partial charge is 0.150 e. The van der Waals surface area contributed by atoms with E-state index >= 15 is 0 Å². The molecule has 0 aromatic heterocycles. The molecule has 0 saturated heterocycles. The predicted octanol–water partition coefficient (Wildman–Crippen LogP) is 3.02. The second kappa shape index (κ2) is 6.58. The minimum Gasteiger partial charge on any atom is -0.497 e. The molecule has 0 aliphatic heterocycles. The average Bonchev–Trinajstić information content (AvgIpc) is 2.54. The van der Waals surface area contributed by atoms with Gasteiger partial charge in [0, 0.05) is 19.2 Å². The third kappa shape index (κ3) is 3.40. The molecule has 2 rings (SSSR count). The number of carbonyl (C=O) groups is 1. The first kappa shape index (κ1) is 14.6. The van der Waals surface area contributed by atoms with Gasteiger partial charge in [-0.25, -0.2) is 0 Å². The first-order valence-corrected chi connectivity index (χ1v) is 6.51. The van der Waals surface area contributed by atoms with E-state index in [4.69, 9.17) is 4.74 Å². The van der Waals surface area contributed by atoms with E-state index in [2.05, 4.69) is 6.07 Å². The monoisotopic (exact) mass is 280 g/mol. The molecule has 4 nitrogen and oxygen atoms in total. The fourth-order valence-electron chi connectivity index (χ4n) is 2.18. The highest BCUT2D eigenvalue weighted by Crippen LogP contribution is 2.22. The van der Waals surface area contributed by atoms with E-state index < -0.39 is 0 Å². The lowest BCUT2D eigenvalue weighted by molar-refractivity contribution is 0.112. The second-order valence-electron chi connectivity index (χ2n) is 4.71. The van der Waals surface area contributed by atoms with Crippen molar-refractivity contribution in [1.29, 1.82) is 5.26 Å². The third-order valence-corrected chi connectivity index (χ3v) is 3.24. The zero-order valence-corrected chi connectivity index (χ0v) is 12.0. The molecule has 0 fully saturated rings. The number of anilines is 1. The number of aldehydes is 1. The highest BCUT2D eigenvalue weighted by atomic mass is 16.5.